The largest absolute Gasteiger partial charge is 0.373 e. The summed E-state index contributed by atoms with van der Waals surface area (Å²) in [6, 6.07) is -0.0537. The van der Waals surface area contributed by atoms with Gasteiger partial charge in [-0.2, -0.15) is 0 Å². The molecule has 18 heavy (non-hydrogen) atoms. The predicted octanol–water partition coefficient (Wildman–Crippen LogP) is 0.816. The summed E-state index contributed by atoms with van der Waals surface area (Å²) in [5, 5.41) is 6.19. The summed E-state index contributed by atoms with van der Waals surface area (Å²) in [5.41, 5.74) is 0.906. The number of rotatable bonds is 3. The summed E-state index contributed by atoms with van der Waals surface area (Å²) in [6.45, 7) is 1.91. The lowest BCUT2D eigenvalue weighted by molar-refractivity contribution is 0.561. The van der Waals surface area contributed by atoms with Crippen LogP contribution >= 0.6 is 0 Å². The highest BCUT2D eigenvalue weighted by Gasteiger charge is 2.25. The zero-order chi connectivity index (χ0) is 13.2. The monoisotopic (exact) mass is 270 g/mol. The number of anilines is 2. The summed E-state index contributed by atoms with van der Waals surface area (Å²) < 4.78 is 23.1. The Bertz CT molecular complexity index is 530. The molecule has 0 aliphatic carbocycles. The highest BCUT2D eigenvalue weighted by Crippen LogP contribution is 2.21. The zero-order valence-electron chi connectivity index (χ0n) is 10.6. The van der Waals surface area contributed by atoms with E-state index in [1.165, 1.54) is 6.33 Å². The van der Waals surface area contributed by atoms with Gasteiger partial charge in [-0.05, 0) is 19.8 Å². The number of sulfone groups is 1. The van der Waals surface area contributed by atoms with Crippen molar-refractivity contribution in [3.8, 4) is 0 Å². The smallest absolute Gasteiger partial charge is 0.152 e. The quantitative estimate of drug-likeness (QED) is 0.846. The summed E-state index contributed by atoms with van der Waals surface area (Å²) >= 11 is 0. The van der Waals surface area contributed by atoms with E-state index in [1.807, 2.05) is 6.92 Å². The lowest BCUT2D eigenvalue weighted by Crippen LogP contribution is -2.35. The lowest BCUT2D eigenvalue weighted by Gasteiger charge is -2.24. The van der Waals surface area contributed by atoms with Gasteiger partial charge in [0.25, 0.3) is 0 Å². The van der Waals surface area contributed by atoms with Gasteiger partial charge in [0.2, 0.25) is 0 Å². The van der Waals surface area contributed by atoms with Gasteiger partial charge in [0.1, 0.15) is 18.0 Å². The molecule has 0 amide bonds. The molecule has 1 atom stereocenters. The van der Waals surface area contributed by atoms with Crippen LogP contribution in [0.15, 0.2) is 6.33 Å². The summed E-state index contributed by atoms with van der Waals surface area (Å²) in [6.07, 6.45) is 3.04. The third-order valence-electron chi connectivity index (χ3n) is 3.12. The molecule has 2 rings (SSSR count). The number of hydrogen-bond acceptors (Lipinski definition) is 6. The Morgan fingerprint density at radius 1 is 1.33 bits per heavy atom. The molecular weight excluding hydrogens is 252 g/mol. The van der Waals surface area contributed by atoms with E-state index in [2.05, 4.69) is 20.6 Å². The number of hydrogen-bond donors (Lipinski definition) is 2. The van der Waals surface area contributed by atoms with Crippen LogP contribution in [-0.2, 0) is 9.84 Å². The SMILES string of the molecule is CNc1ncnc(NC2CCCS(=O)(=O)C2)c1C. The van der Waals surface area contributed by atoms with Crippen molar-refractivity contribution in [2.45, 2.75) is 25.8 Å². The van der Waals surface area contributed by atoms with E-state index >= 15 is 0 Å². The van der Waals surface area contributed by atoms with Crippen LogP contribution < -0.4 is 10.6 Å². The maximum absolute atomic E-state index is 11.6. The molecule has 1 aliphatic heterocycles. The molecule has 0 aromatic carbocycles. The topological polar surface area (TPSA) is 84.0 Å². The fourth-order valence-corrected chi connectivity index (χ4v) is 3.81. The Morgan fingerprint density at radius 2 is 2.06 bits per heavy atom. The van der Waals surface area contributed by atoms with E-state index in [4.69, 9.17) is 0 Å². The molecule has 7 heteroatoms. The van der Waals surface area contributed by atoms with Gasteiger partial charge < -0.3 is 10.6 Å². The molecule has 0 spiro atoms. The van der Waals surface area contributed by atoms with Gasteiger partial charge in [-0.25, -0.2) is 18.4 Å². The minimum absolute atomic E-state index is 0.0537. The van der Waals surface area contributed by atoms with Crippen molar-refractivity contribution in [3.63, 3.8) is 0 Å². The van der Waals surface area contributed by atoms with Crippen LogP contribution in [-0.4, -0.2) is 43.0 Å². The second kappa shape index (κ2) is 5.09. The molecule has 1 unspecified atom stereocenters. The van der Waals surface area contributed by atoms with Crippen LogP contribution in [0.1, 0.15) is 18.4 Å². The Balaban J connectivity index is 2.14. The van der Waals surface area contributed by atoms with Gasteiger partial charge in [0.05, 0.1) is 11.5 Å². The van der Waals surface area contributed by atoms with Crippen molar-refractivity contribution in [3.05, 3.63) is 11.9 Å². The first-order valence-electron chi connectivity index (χ1n) is 5.98. The van der Waals surface area contributed by atoms with E-state index in [9.17, 15) is 8.42 Å². The molecule has 1 aliphatic rings. The minimum atomic E-state index is -2.90. The highest BCUT2D eigenvalue weighted by atomic mass is 32.2. The van der Waals surface area contributed by atoms with Gasteiger partial charge in [-0.1, -0.05) is 0 Å². The summed E-state index contributed by atoms with van der Waals surface area (Å²) in [7, 11) is -1.11. The lowest BCUT2D eigenvalue weighted by atomic mass is 10.2. The number of aromatic nitrogens is 2. The highest BCUT2D eigenvalue weighted by molar-refractivity contribution is 7.91. The predicted molar refractivity (Wildman–Crippen MR) is 71.6 cm³/mol. The van der Waals surface area contributed by atoms with Gasteiger partial charge in [-0.3, -0.25) is 0 Å². The Hall–Kier alpha value is -1.37. The Morgan fingerprint density at radius 3 is 2.72 bits per heavy atom. The van der Waals surface area contributed by atoms with Gasteiger partial charge in [0, 0.05) is 18.7 Å². The van der Waals surface area contributed by atoms with E-state index in [0.717, 1.165) is 17.8 Å². The van der Waals surface area contributed by atoms with Gasteiger partial charge >= 0.3 is 0 Å². The van der Waals surface area contributed by atoms with E-state index < -0.39 is 9.84 Å². The second-order valence-corrected chi connectivity index (χ2v) is 6.77. The Labute approximate surface area is 107 Å². The molecule has 1 fully saturated rings. The third kappa shape index (κ3) is 2.90. The minimum Gasteiger partial charge on any atom is -0.373 e. The van der Waals surface area contributed by atoms with E-state index in [0.29, 0.717) is 18.0 Å². The summed E-state index contributed by atoms with van der Waals surface area (Å²) in [5.74, 6) is 1.95. The number of nitrogens with one attached hydrogen (secondary N) is 2. The van der Waals surface area contributed by atoms with Crippen molar-refractivity contribution in [1.29, 1.82) is 0 Å². The average Bonchev–Trinajstić information content (AvgIpc) is 2.31. The first kappa shape index (κ1) is 13.1. The van der Waals surface area contributed by atoms with Crippen molar-refractivity contribution in [1.82, 2.24) is 9.97 Å². The first-order chi connectivity index (χ1) is 8.52. The molecule has 1 saturated heterocycles. The maximum Gasteiger partial charge on any atom is 0.152 e. The van der Waals surface area contributed by atoms with Gasteiger partial charge in [-0.15, -0.1) is 0 Å². The normalized spacial score (nSPS) is 22.4. The zero-order valence-corrected chi connectivity index (χ0v) is 11.4. The van der Waals surface area contributed by atoms with E-state index in [1.54, 1.807) is 7.05 Å². The molecule has 0 saturated carbocycles. The van der Waals surface area contributed by atoms with Crippen molar-refractivity contribution >= 4 is 21.5 Å². The van der Waals surface area contributed by atoms with Crippen molar-refractivity contribution in [2.75, 3.05) is 29.2 Å². The first-order valence-corrected chi connectivity index (χ1v) is 7.80. The van der Waals surface area contributed by atoms with Crippen LogP contribution in [0.4, 0.5) is 11.6 Å². The van der Waals surface area contributed by atoms with Crippen molar-refractivity contribution < 1.29 is 8.42 Å². The van der Waals surface area contributed by atoms with Crippen LogP contribution in [0.2, 0.25) is 0 Å². The van der Waals surface area contributed by atoms with Crippen LogP contribution in [0.5, 0.6) is 0 Å². The van der Waals surface area contributed by atoms with Crippen LogP contribution in [0.25, 0.3) is 0 Å². The maximum atomic E-state index is 11.6. The van der Waals surface area contributed by atoms with Crippen LogP contribution in [0.3, 0.4) is 0 Å². The second-order valence-electron chi connectivity index (χ2n) is 4.54. The fourth-order valence-electron chi connectivity index (χ4n) is 2.18. The number of nitrogens with zero attached hydrogens (tertiary/aromatic N) is 2. The molecule has 1 aromatic rings. The molecule has 100 valence electrons. The van der Waals surface area contributed by atoms with Crippen LogP contribution in [0, 0.1) is 6.92 Å². The van der Waals surface area contributed by atoms with Gasteiger partial charge in [0.15, 0.2) is 9.84 Å². The standard InChI is InChI=1S/C11H18N4O2S/c1-8-10(12-2)13-7-14-11(8)15-9-4-3-5-18(16,17)6-9/h7,9H,3-6H2,1-2H3,(H2,12,13,14,15). The summed E-state index contributed by atoms with van der Waals surface area (Å²) in [4.78, 5) is 8.27. The Kier molecular flexibility index (Phi) is 3.70. The molecule has 1 aromatic heterocycles. The molecule has 6 nitrogen and oxygen atoms in total. The molecule has 0 radical (unpaired) electrons. The third-order valence-corrected chi connectivity index (χ3v) is 4.95. The average molecular weight is 270 g/mol. The van der Waals surface area contributed by atoms with Crippen molar-refractivity contribution in [2.24, 2.45) is 0 Å². The molecule has 2 heterocycles. The molecular formula is C11H18N4O2S. The molecule has 2 N–H and O–H groups in total. The molecule has 0 bridgehead atoms. The fraction of sp³-hybridized carbons (Fsp3) is 0.636. The van der Waals surface area contributed by atoms with E-state index in [-0.39, 0.29) is 11.8 Å².